The maximum absolute atomic E-state index is 4.56. The highest BCUT2D eigenvalue weighted by atomic mass is 15.2. The zero-order chi connectivity index (χ0) is 13.8. The van der Waals surface area contributed by atoms with Crippen molar-refractivity contribution in [1.82, 2.24) is 10.3 Å². The van der Waals surface area contributed by atoms with Gasteiger partial charge in [0, 0.05) is 25.3 Å². The van der Waals surface area contributed by atoms with Gasteiger partial charge in [-0.15, -0.1) is 0 Å². The maximum atomic E-state index is 4.56. The van der Waals surface area contributed by atoms with Crippen LogP contribution in [0.3, 0.4) is 0 Å². The Labute approximate surface area is 117 Å². The van der Waals surface area contributed by atoms with Gasteiger partial charge in [-0.1, -0.05) is 20.8 Å². The van der Waals surface area contributed by atoms with Crippen LogP contribution in [0.1, 0.15) is 45.7 Å². The van der Waals surface area contributed by atoms with Crippen LogP contribution < -0.4 is 10.2 Å². The molecule has 1 aliphatic heterocycles. The van der Waals surface area contributed by atoms with E-state index in [1.165, 1.54) is 12.0 Å². The van der Waals surface area contributed by atoms with Crippen molar-refractivity contribution in [1.29, 1.82) is 0 Å². The summed E-state index contributed by atoms with van der Waals surface area (Å²) in [7, 11) is 0. The third kappa shape index (κ3) is 3.47. The molecule has 0 bridgehead atoms. The van der Waals surface area contributed by atoms with Gasteiger partial charge in [0.1, 0.15) is 5.82 Å². The van der Waals surface area contributed by atoms with Crippen molar-refractivity contribution >= 4 is 5.82 Å². The molecule has 0 aromatic carbocycles. The fourth-order valence-electron chi connectivity index (χ4n) is 2.84. The molecule has 0 aliphatic carbocycles. The van der Waals surface area contributed by atoms with Crippen molar-refractivity contribution in [2.75, 3.05) is 24.5 Å². The quantitative estimate of drug-likeness (QED) is 0.882. The first-order valence-electron chi connectivity index (χ1n) is 7.56. The third-order valence-corrected chi connectivity index (χ3v) is 4.27. The lowest BCUT2D eigenvalue weighted by molar-refractivity contribution is 0.422. The molecule has 1 aromatic rings. The zero-order valence-electron chi connectivity index (χ0n) is 12.7. The molecule has 3 heteroatoms. The Hall–Kier alpha value is -1.09. The molecule has 19 heavy (non-hydrogen) atoms. The summed E-state index contributed by atoms with van der Waals surface area (Å²) < 4.78 is 0. The van der Waals surface area contributed by atoms with Crippen molar-refractivity contribution in [3.8, 4) is 0 Å². The standard InChI is InChI=1S/C16H27N3/c1-5-17-13(4)14-6-8-18-16(10-14)19-9-7-15(11-19)12(2)3/h6,8,10,12-13,15,17H,5,7,9,11H2,1-4H3. The topological polar surface area (TPSA) is 28.2 Å². The molecule has 2 unspecified atom stereocenters. The molecule has 3 nitrogen and oxygen atoms in total. The van der Waals surface area contributed by atoms with Gasteiger partial charge < -0.3 is 10.2 Å². The van der Waals surface area contributed by atoms with E-state index in [1.807, 2.05) is 6.20 Å². The van der Waals surface area contributed by atoms with E-state index in [1.54, 1.807) is 0 Å². The summed E-state index contributed by atoms with van der Waals surface area (Å²) in [6.07, 6.45) is 3.24. The van der Waals surface area contributed by atoms with E-state index in [2.05, 4.69) is 55.0 Å². The van der Waals surface area contributed by atoms with Crippen LogP contribution in [-0.4, -0.2) is 24.6 Å². The van der Waals surface area contributed by atoms with Crippen molar-refractivity contribution < 1.29 is 0 Å². The molecular formula is C16H27N3. The monoisotopic (exact) mass is 261 g/mol. The lowest BCUT2D eigenvalue weighted by Crippen LogP contribution is -2.23. The average Bonchev–Trinajstić information content (AvgIpc) is 2.89. The molecule has 0 saturated carbocycles. The molecule has 0 amide bonds. The van der Waals surface area contributed by atoms with Gasteiger partial charge in [-0.3, -0.25) is 0 Å². The van der Waals surface area contributed by atoms with Crippen LogP contribution in [0.25, 0.3) is 0 Å². The van der Waals surface area contributed by atoms with Gasteiger partial charge in [0.25, 0.3) is 0 Å². The highest BCUT2D eigenvalue weighted by Gasteiger charge is 2.25. The third-order valence-electron chi connectivity index (χ3n) is 4.27. The molecule has 2 heterocycles. The second-order valence-corrected chi connectivity index (χ2v) is 5.97. The summed E-state index contributed by atoms with van der Waals surface area (Å²) in [5.74, 6) is 2.73. The summed E-state index contributed by atoms with van der Waals surface area (Å²) in [4.78, 5) is 6.99. The lowest BCUT2D eigenvalue weighted by Gasteiger charge is -2.21. The first-order chi connectivity index (χ1) is 9.11. The second-order valence-electron chi connectivity index (χ2n) is 5.97. The Balaban J connectivity index is 2.07. The normalized spacial score (nSPS) is 21.1. The highest BCUT2D eigenvalue weighted by molar-refractivity contribution is 5.43. The number of rotatable bonds is 5. The Morgan fingerprint density at radius 2 is 2.21 bits per heavy atom. The largest absolute Gasteiger partial charge is 0.356 e. The highest BCUT2D eigenvalue weighted by Crippen LogP contribution is 2.28. The number of hydrogen-bond donors (Lipinski definition) is 1. The molecule has 2 rings (SSSR count). The van der Waals surface area contributed by atoms with Gasteiger partial charge >= 0.3 is 0 Å². The minimum atomic E-state index is 0.398. The van der Waals surface area contributed by atoms with E-state index in [0.717, 1.165) is 37.3 Å². The summed E-state index contributed by atoms with van der Waals surface area (Å²) in [5.41, 5.74) is 1.33. The average molecular weight is 261 g/mol. The fourth-order valence-corrected chi connectivity index (χ4v) is 2.84. The first kappa shape index (κ1) is 14.3. The van der Waals surface area contributed by atoms with Crippen molar-refractivity contribution in [3.63, 3.8) is 0 Å². The SMILES string of the molecule is CCNC(C)c1ccnc(N2CCC(C(C)C)C2)c1. The number of nitrogens with one attached hydrogen (secondary N) is 1. The molecule has 0 radical (unpaired) electrons. The van der Waals surface area contributed by atoms with E-state index in [0.29, 0.717) is 6.04 Å². The van der Waals surface area contributed by atoms with Gasteiger partial charge in [0.05, 0.1) is 0 Å². The van der Waals surface area contributed by atoms with Crippen LogP contribution >= 0.6 is 0 Å². The number of nitrogens with zero attached hydrogens (tertiary/aromatic N) is 2. The minimum Gasteiger partial charge on any atom is -0.356 e. The van der Waals surface area contributed by atoms with Crippen LogP contribution in [-0.2, 0) is 0 Å². The zero-order valence-corrected chi connectivity index (χ0v) is 12.7. The number of anilines is 1. The molecule has 1 fully saturated rings. The molecule has 106 valence electrons. The Morgan fingerprint density at radius 1 is 1.42 bits per heavy atom. The van der Waals surface area contributed by atoms with Crippen LogP contribution in [0.4, 0.5) is 5.82 Å². The van der Waals surface area contributed by atoms with Crippen LogP contribution in [0, 0.1) is 11.8 Å². The Kier molecular flexibility index (Phi) is 4.81. The molecule has 1 saturated heterocycles. The predicted molar refractivity (Wildman–Crippen MR) is 81.5 cm³/mol. The number of pyridine rings is 1. The Morgan fingerprint density at radius 3 is 2.84 bits per heavy atom. The van der Waals surface area contributed by atoms with E-state index in [4.69, 9.17) is 0 Å². The summed E-state index contributed by atoms with van der Waals surface area (Å²) >= 11 is 0. The van der Waals surface area contributed by atoms with E-state index in [-0.39, 0.29) is 0 Å². The molecule has 1 aliphatic rings. The van der Waals surface area contributed by atoms with Crippen LogP contribution in [0.5, 0.6) is 0 Å². The van der Waals surface area contributed by atoms with Crippen molar-refractivity contribution in [2.45, 2.75) is 40.2 Å². The molecule has 1 N–H and O–H groups in total. The number of aromatic nitrogens is 1. The van der Waals surface area contributed by atoms with Gasteiger partial charge in [-0.25, -0.2) is 4.98 Å². The summed E-state index contributed by atoms with van der Waals surface area (Å²) in [6, 6.07) is 4.76. The Bertz CT molecular complexity index is 403. The minimum absolute atomic E-state index is 0.398. The molecule has 0 spiro atoms. The molecule has 2 atom stereocenters. The number of hydrogen-bond acceptors (Lipinski definition) is 3. The maximum Gasteiger partial charge on any atom is 0.128 e. The van der Waals surface area contributed by atoms with Gasteiger partial charge in [-0.05, 0) is 49.4 Å². The van der Waals surface area contributed by atoms with Crippen LogP contribution in [0.2, 0.25) is 0 Å². The van der Waals surface area contributed by atoms with Crippen molar-refractivity contribution in [2.24, 2.45) is 11.8 Å². The molecular weight excluding hydrogens is 234 g/mol. The van der Waals surface area contributed by atoms with Crippen molar-refractivity contribution in [3.05, 3.63) is 23.9 Å². The summed E-state index contributed by atoms with van der Waals surface area (Å²) in [5, 5.41) is 3.46. The van der Waals surface area contributed by atoms with Gasteiger partial charge in [0.15, 0.2) is 0 Å². The predicted octanol–water partition coefficient (Wildman–Crippen LogP) is 3.23. The smallest absolute Gasteiger partial charge is 0.128 e. The molecule has 1 aromatic heterocycles. The van der Waals surface area contributed by atoms with E-state index >= 15 is 0 Å². The summed E-state index contributed by atoms with van der Waals surface area (Å²) in [6.45, 7) is 12.3. The van der Waals surface area contributed by atoms with Crippen LogP contribution in [0.15, 0.2) is 18.3 Å². The lowest BCUT2D eigenvalue weighted by atomic mass is 9.95. The van der Waals surface area contributed by atoms with Gasteiger partial charge in [0.2, 0.25) is 0 Å². The first-order valence-corrected chi connectivity index (χ1v) is 7.56. The second kappa shape index (κ2) is 6.38. The van der Waals surface area contributed by atoms with E-state index in [9.17, 15) is 0 Å². The fraction of sp³-hybridized carbons (Fsp3) is 0.688. The van der Waals surface area contributed by atoms with E-state index < -0.39 is 0 Å². The van der Waals surface area contributed by atoms with Gasteiger partial charge in [-0.2, -0.15) is 0 Å².